The molecule has 2 aliphatic rings. The van der Waals surface area contributed by atoms with Crippen LogP contribution in [0.1, 0.15) is 65.2 Å². The van der Waals surface area contributed by atoms with Crippen molar-refractivity contribution in [3.63, 3.8) is 0 Å². The molecule has 3 unspecified atom stereocenters. The average Bonchev–Trinajstić information content (AvgIpc) is 2.46. The molecule has 0 radical (unpaired) electrons. The van der Waals surface area contributed by atoms with E-state index in [1.54, 1.807) is 7.11 Å². The highest BCUT2D eigenvalue weighted by molar-refractivity contribution is 4.96. The predicted octanol–water partition coefficient (Wildman–Crippen LogP) is 3.29. The van der Waals surface area contributed by atoms with E-state index in [9.17, 15) is 5.11 Å². The Morgan fingerprint density at radius 3 is 2.63 bits per heavy atom. The van der Waals surface area contributed by atoms with E-state index in [-0.39, 0.29) is 11.7 Å². The Labute approximate surface area is 117 Å². The summed E-state index contributed by atoms with van der Waals surface area (Å²) in [6.45, 7) is 4.91. The van der Waals surface area contributed by atoms with E-state index in [0.29, 0.717) is 5.92 Å². The molecule has 0 aromatic heterocycles. The van der Waals surface area contributed by atoms with Crippen molar-refractivity contribution >= 4 is 0 Å². The van der Waals surface area contributed by atoms with E-state index < -0.39 is 5.60 Å². The molecule has 1 aliphatic heterocycles. The van der Waals surface area contributed by atoms with Crippen LogP contribution in [0.2, 0.25) is 0 Å². The molecular weight excluding hydrogens is 240 g/mol. The van der Waals surface area contributed by atoms with Crippen LogP contribution < -0.4 is 0 Å². The molecule has 1 saturated heterocycles. The second-order valence-electron chi connectivity index (χ2n) is 6.66. The number of rotatable bonds is 4. The lowest BCUT2D eigenvalue weighted by molar-refractivity contribution is -0.170. The van der Waals surface area contributed by atoms with Crippen LogP contribution in [0.3, 0.4) is 0 Å². The molecule has 1 N–H and O–H groups in total. The first kappa shape index (κ1) is 15.3. The average molecular weight is 270 g/mol. The van der Waals surface area contributed by atoms with Crippen molar-refractivity contribution in [2.75, 3.05) is 13.7 Å². The highest BCUT2D eigenvalue weighted by atomic mass is 16.5. The van der Waals surface area contributed by atoms with Crippen LogP contribution >= 0.6 is 0 Å². The predicted molar refractivity (Wildman–Crippen MR) is 76.2 cm³/mol. The van der Waals surface area contributed by atoms with Crippen molar-refractivity contribution in [3.05, 3.63) is 0 Å². The van der Waals surface area contributed by atoms with Crippen molar-refractivity contribution < 1.29 is 14.6 Å². The van der Waals surface area contributed by atoms with Gasteiger partial charge in [-0.15, -0.1) is 0 Å². The first-order valence-corrected chi connectivity index (χ1v) is 7.92. The first-order chi connectivity index (χ1) is 9.05. The van der Waals surface area contributed by atoms with E-state index in [1.165, 1.54) is 32.1 Å². The third-order valence-electron chi connectivity index (χ3n) is 5.54. The van der Waals surface area contributed by atoms with Crippen LogP contribution in [0.15, 0.2) is 0 Å². The molecule has 1 aliphatic carbocycles. The number of aliphatic hydroxyl groups is 1. The van der Waals surface area contributed by atoms with Gasteiger partial charge >= 0.3 is 0 Å². The smallest absolute Gasteiger partial charge is 0.0908 e. The normalized spacial score (nSPS) is 31.9. The molecule has 0 aromatic rings. The summed E-state index contributed by atoms with van der Waals surface area (Å²) in [5.41, 5.74) is -0.359. The van der Waals surface area contributed by atoms with Crippen molar-refractivity contribution in [1.82, 2.24) is 0 Å². The molecule has 1 heterocycles. The SMILES string of the molecule is CCC(C)(OC)C(O)C1CCOC2(CCCCC2)C1. The van der Waals surface area contributed by atoms with Gasteiger partial charge in [0.05, 0.1) is 17.3 Å². The summed E-state index contributed by atoms with van der Waals surface area (Å²) in [5, 5.41) is 10.7. The second kappa shape index (κ2) is 6.11. The standard InChI is InChI=1S/C16H30O3/c1-4-15(2,18-3)14(17)13-8-11-19-16(12-13)9-6-5-7-10-16/h13-14,17H,4-12H2,1-3H3. The van der Waals surface area contributed by atoms with Gasteiger partial charge in [0.1, 0.15) is 0 Å². The van der Waals surface area contributed by atoms with Crippen LogP contribution in [0.25, 0.3) is 0 Å². The quantitative estimate of drug-likeness (QED) is 0.852. The molecule has 2 rings (SSSR count). The van der Waals surface area contributed by atoms with E-state index in [0.717, 1.165) is 25.9 Å². The Hall–Kier alpha value is -0.120. The molecule has 3 atom stereocenters. The zero-order valence-electron chi connectivity index (χ0n) is 12.8. The summed E-state index contributed by atoms with van der Waals surface area (Å²) in [6, 6.07) is 0. The number of ether oxygens (including phenoxy) is 2. The molecule has 19 heavy (non-hydrogen) atoms. The number of aliphatic hydroxyl groups excluding tert-OH is 1. The second-order valence-corrected chi connectivity index (χ2v) is 6.66. The molecule has 112 valence electrons. The Morgan fingerprint density at radius 2 is 2.05 bits per heavy atom. The van der Waals surface area contributed by atoms with Crippen LogP contribution in [0, 0.1) is 5.92 Å². The molecular formula is C16H30O3. The number of hydrogen-bond acceptors (Lipinski definition) is 3. The van der Waals surface area contributed by atoms with Crippen LogP contribution in [-0.4, -0.2) is 36.1 Å². The van der Waals surface area contributed by atoms with Gasteiger partial charge in [0.2, 0.25) is 0 Å². The Bertz CT molecular complexity index is 274. The molecule has 2 fully saturated rings. The summed E-state index contributed by atoms with van der Waals surface area (Å²) in [5.74, 6) is 0.316. The van der Waals surface area contributed by atoms with Crippen LogP contribution in [-0.2, 0) is 9.47 Å². The highest BCUT2D eigenvalue weighted by Gasteiger charge is 2.45. The fraction of sp³-hybridized carbons (Fsp3) is 1.00. The third-order valence-corrected chi connectivity index (χ3v) is 5.54. The lowest BCUT2D eigenvalue weighted by atomic mass is 9.72. The lowest BCUT2D eigenvalue weighted by Gasteiger charge is -2.47. The maximum absolute atomic E-state index is 10.7. The van der Waals surface area contributed by atoms with Crippen molar-refractivity contribution in [1.29, 1.82) is 0 Å². The maximum atomic E-state index is 10.7. The van der Waals surface area contributed by atoms with Gasteiger partial charge in [0.25, 0.3) is 0 Å². The minimum atomic E-state index is -0.419. The van der Waals surface area contributed by atoms with E-state index in [1.807, 2.05) is 6.92 Å². The Kier molecular flexibility index (Phi) is 4.91. The van der Waals surface area contributed by atoms with E-state index in [4.69, 9.17) is 9.47 Å². The van der Waals surface area contributed by atoms with Crippen molar-refractivity contribution in [2.45, 2.75) is 82.5 Å². The molecule has 1 spiro atoms. The van der Waals surface area contributed by atoms with Gasteiger partial charge in [0.15, 0.2) is 0 Å². The Morgan fingerprint density at radius 1 is 1.37 bits per heavy atom. The van der Waals surface area contributed by atoms with Gasteiger partial charge in [-0.05, 0) is 44.9 Å². The zero-order valence-corrected chi connectivity index (χ0v) is 12.8. The van der Waals surface area contributed by atoms with Crippen molar-refractivity contribution in [3.8, 4) is 0 Å². The summed E-state index contributed by atoms with van der Waals surface area (Å²) in [7, 11) is 1.71. The molecule has 3 nitrogen and oxygen atoms in total. The minimum absolute atomic E-state index is 0.0601. The molecule has 0 aromatic carbocycles. The summed E-state index contributed by atoms with van der Waals surface area (Å²) >= 11 is 0. The van der Waals surface area contributed by atoms with E-state index >= 15 is 0 Å². The van der Waals surface area contributed by atoms with Crippen LogP contribution in [0.4, 0.5) is 0 Å². The van der Waals surface area contributed by atoms with E-state index in [2.05, 4.69) is 6.92 Å². The maximum Gasteiger partial charge on any atom is 0.0908 e. The van der Waals surface area contributed by atoms with Crippen LogP contribution in [0.5, 0.6) is 0 Å². The topological polar surface area (TPSA) is 38.7 Å². The lowest BCUT2D eigenvalue weighted by Crippen LogP contribution is -2.51. The Balaban J connectivity index is 2.04. The van der Waals surface area contributed by atoms with Gasteiger partial charge < -0.3 is 14.6 Å². The number of hydrogen-bond donors (Lipinski definition) is 1. The largest absolute Gasteiger partial charge is 0.390 e. The fourth-order valence-corrected chi connectivity index (χ4v) is 3.85. The monoisotopic (exact) mass is 270 g/mol. The summed E-state index contributed by atoms with van der Waals surface area (Å²) < 4.78 is 11.7. The summed E-state index contributed by atoms with van der Waals surface area (Å²) in [6.07, 6.45) is 8.66. The summed E-state index contributed by atoms with van der Waals surface area (Å²) in [4.78, 5) is 0. The highest BCUT2D eigenvalue weighted by Crippen LogP contribution is 2.43. The molecule has 3 heteroatoms. The van der Waals surface area contributed by atoms with Gasteiger partial charge in [0, 0.05) is 13.7 Å². The molecule has 0 bridgehead atoms. The van der Waals surface area contributed by atoms with Gasteiger partial charge in [-0.25, -0.2) is 0 Å². The fourth-order valence-electron chi connectivity index (χ4n) is 3.85. The van der Waals surface area contributed by atoms with Gasteiger partial charge in [-0.3, -0.25) is 0 Å². The van der Waals surface area contributed by atoms with Gasteiger partial charge in [-0.1, -0.05) is 26.2 Å². The number of methoxy groups -OCH3 is 1. The zero-order chi connectivity index (χ0) is 13.9. The van der Waals surface area contributed by atoms with Gasteiger partial charge in [-0.2, -0.15) is 0 Å². The molecule has 0 amide bonds. The third kappa shape index (κ3) is 3.14. The first-order valence-electron chi connectivity index (χ1n) is 7.92. The minimum Gasteiger partial charge on any atom is -0.390 e. The molecule has 1 saturated carbocycles. The van der Waals surface area contributed by atoms with Crippen molar-refractivity contribution in [2.24, 2.45) is 5.92 Å².